The molecule has 0 aliphatic heterocycles. The molecule has 0 aliphatic rings. The normalized spacial score (nSPS) is 11.4. The monoisotopic (exact) mass is 436 g/mol. The highest BCUT2D eigenvalue weighted by Gasteiger charge is 2.11. The minimum Gasteiger partial charge on any atom is -0.332 e. The van der Waals surface area contributed by atoms with Crippen molar-refractivity contribution < 1.29 is 0 Å². The summed E-state index contributed by atoms with van der Waals surface area (Å²) in [6, 6.07) is 28.6. The fraction of sp³-hybridized carbons (Fsp3) is 0. The van der Waals surface area contributed by atoms with E-state index in [1.54, 1.807) is 11.3 Å². The summed E-state index contributed by atoms with van der Waals surface area (Å²) < 4.78 is 1.16. The standard InChI is InChI=1S/C25H16N4S2/c30-25(29-19-11-5-7-15-6-1-2-8-17(15)19)26-16-12-13-22-18(14-16)23-24(31-22)28-21-10-4-3-9-20(21)27-23/h1-14H,(H2,26,29,30). The summed E-state index contributed by atoms with van der Waals surface area (Å²) >= 11 is 7.25. The first-order chi connectivity index (χ1) is 15.2. The van der Waals surface area contributed by atoms with Gasteiger partial charge in [-0.05, 0) is 54.0 Å². The van der Waals surface area contributed by atoms with Crippen molar-refractivity contribution in [2.75, 3.05) is 10.6 Å². The van der Waals surface area contributed by atoms with E-state index in [1.807, 2.05) is 54.6 Å². The van der Waals surface area contributed by atoms with E-state index in [1.165, 1.54) is 5.39 Å². The van der Waals surface area contributed by atoms with Crippen molar-refractivity contribution in [3.63, 3.8) is 0 Å². The Balaban J connectivity index is 1.34. The molecule has 0 aliphatic carbocycles. The summed E-state index contributed by atoms with van der Waals surface area (Å²) in [5.74, 6) is 0. The third-order valence-electron chi connectivity index (χ3n) is 5.28. The van der Waals surface area contributed by atoms with Crippen molar-refractivity contribution in [1.29, 1.82) is 0 Å². The molecule has 0 atom stereocenters. The summed E-state index contributed by atoms with van der Waals surface area (Å²) in [7, 11) is 0. The molecule has 0 radical (unpaired) electrons. The number of nitrogens with zero attached hydrogens (tertiary/aromatic N) is 2. The first kappa shape index (κ1) is 18.2. The number of rotatable bonds is 2. The highest BCUT2D eigenvalue weighted by atomic mass is 32.1. The lowest BCUT2D eigenvalue weighted by Crippen LogP contribution is -2.19. The summed E-state index contributed by atoms with van der Waals surface area (Å²) in [6.45, 7) is 0. The van der Waals surface area contributed by atoms with Gasteiger partial charge in [-0.25, -0.2) is 9.97 Å². The molecule has 2 heterocycles. The van der Waals surface area contributed by atoms with Gasteiger partial charge >= 0.3 is 0 Å². The van der Waals surface area contributed by atoms with E-state index >= 15 is 0 Å². The van der Waals surface area contributed by atoms with Crippen molar-refractivity contribution in [3.8, 4) is 0 Å². The predicted molar refractivity (Wildman–Crippen MR) is 136 cm³/mol. The molecule has 0 unspecified atom stereocenters. The minimum absolute atomic E-state index is 0.548. The third-order valence-corrected chi connectivity index (χ3v) is 6.53. The quantitative estimate of drug-likeness (QED) is 0.287. The Labute approximate surface area is 187 Å². The SMILES string of the molecule is S=C(Nc1ccc2sc3nc4ccccc4nc3c2c1)Nc1cccc2ccccc12. The second-order valence-corrected chi connectivity index (χ2v) is 8.72. The van der Waals surface area contributed by atoms with Crippen LogP contribution in [-0.4, -0.2) is 15.1 Å². The average molecular weight is 437 g/mol. The number of benzene rings is 4. The lowest BCUT2D eigenvalue weighted by atomic mass is 10.1. The molecule has 0 saturated carbocycles. The van der Waals surface area contributed by atoms with Crippen molar-refractivity contribution in [2.24, 2.45) is 0 Å². The van der Waals surface area contributed by atoms with Crippen LogP contribution in [0.1, 0.15) is 0 Å². The molecule has 0 saturated heterocycles. The number of thiophene rings is 1. The maximum Gasteiger partial charge on any atom is 0.175 e. The van der Waals surface area contributed by atoms with Crippen LogP contribution in [0.25, 0.3) is 42.2 Å². The lowest BCUT2D eigenvalue weighted by Gasteiger charge is -2.12. The van der Waals surface area contributed by atoms with Gasteiger partial charge in [0.15, 0.2) is 5.11 Å². The molecule has 148 valence electrons. The molecule has 31 heavy (non-hydrogen) atoms. The van der Waals surface area contributed by atoms with E-state index in [0.29, 0.717) is 5.11 Å². The second-order valence-electron chi connectivity index (χ2n) is 7.28. The molecule has 2 aromatic heterocycles. The zero-order chi connectivity index (χ0) is 20.8. The maximum atomic E-state index is 5.59. The van der Waals surface area contributed by atoms with Crippen LogP contribution >= 0.6 is 23.6 Å². The van der Waals surface area contributed by atoms with E-state index in [0.717, 1.165) is 48.2 Å². The topological polar surface area (TPSA) is 49.8 Å². The summed E-state index contributed by atoms with van der Waals surface area (Å²) in [5.41, 5.74) is 4.65. The molecule has 6 heteroatoms. The summed E-state index contributed by atoms with van der Waals surface area (Å²) in [6.07, 6.45) is 0. The predicted octanol–water partition coefficient (Wildman–Crippen LogP) is 6.96. The number of para-hydroxylation sites is 2. The number of aromatic nitrogens is 2. The third kappa shape index (κ3) is 3.26. The molecule has 6 aromatic rings. The van der Waals surface area contributed by atoms with Crippen molar-refractivity contribution in [3.05, 3.63) is 84.9 Å². The van der Waals surface area contributed by atoms with Crippen LogP contribution in [0.15, 0.2) is 84.9 Å². The number of nitrogens with one attached hydrogen (secondary N) is 2. The van der Waals surface area contributed by atoms with Crippen molar-refractivity contribution >= 4 is 82.3 Å². The van der Waals surface area contributed by atoms with Crippen LogP contribution in [0.2, 0.25) is 0 Å². The highest BCUT2D eigenvalue weighted by Crippen LogP contribution is 2.34. The number of hydrogen-bond donors (Lipinski definition) is 2. The Kier molecular flexibility index (Phi) is 4.26. The zero-order valence-electron chi connectivity index (χ0n) is 16.3. The van der Waals surface area contributed by atoms with Crippen LogP contribution in [0.3, 0.4) is 0 Å². The molecule has 0 spiro atoms. The van der Waals surface area contributed by atoms with E-state index in [2.05, 4.69) is 41.0 Å². The molecular weight excluding hydrogens is 420 g/mol. The zero-order valence-corrected chi connectivity index (χ0v) is 17.9. The van der Waals surface area contributed by atoms with Gasteiger partial charge in [-0.1, -0.05) is 48.5 Å². The maximum absolute atomic E-state index is 5.59. The molecule has 2 N–H and O–H groups in total. The molecular formula is C25H16N4S2. The van der Waals surface area contributed by atoms with Gasteiger partial charge in [0.2, 0.25) is 0 Å². The van der Waals surface area contributed by atoms with Gasteiger partial charge in [-0.3, -0.25) is 0 Å². The van der Waals surface area contributed by atoms with Gasteiger partial charge in [-0.2, -0.15) is 0 Å². The van der Waals surface area contributed by atoms with E-state index in [-0.39, 0.29) is 0 Å². The molecule has 0 amide bonds. The van der Waals surface area contributed by atoms with Crippen molar-refractivity contribution in [2.45, 2.75) is 0 Å². The largest absolute Gasteiger partial charge is 0.332 e. The molecule has 0 fully saturated rings. The van der Waals surface area contributed by atoms with Crippen LogP contribution in [0.5, 0.6) is 0 Å². The summed E-state index contributed by atoms with van der Waals surface area (Å²) in [5, 5.41) is 10.6. The fourth-order valence-electron chi connectivity index (χ4n) is 3.84. The molecule has 6 rings (SSSR count). The fourth-order valence-corrected chi connectivity index (χ4v) is 5.07. The van der Waals surface area contributed by atoms with Gasteiger partial charge in [-0.15, -0.1) is 11.3 Å². The Morgan fingerprint density at radius 2 is 1.52 bits per heavy atom. The number of fused-ring (bicyclic) bond motifs is 5. The van der Waals surface area contributed by atoms with Gasteiger partial charge in [0.25, 0.3) is 0 Å². The minimum atomic E-state index is 0.548. The number of thiocarbonyl (C=S) groups is 1. The first-order valence-corrected chi connectivity index (χ1v) is 11.1. The first-order valence-electron chi connectivity index (χ1n) is 9.89. The Morgan fingerprint density at radius 1 is 0.742 bits per heavy atom. The lowest BCUT2D eigenvalue weighted by molar-refractivity contribution is 1.43. The van der Waals surface area contributed by atoms with Crippen LogP contribution in [0.4, 0.5) is 11.4 Å². The second kappa shape index (κ2) is 7.27. The Morgan fingerprint density at radius 3 is 2.42 bits per heavy atom. The Hall–Kier alpha value is -3.61. The van der Waals surface area contributed by atoms with E-state index in [4.69, 9.17) is 22.2 Å². The van der Waals surface area contributed by atoms with Crippen LogP contribution in [-0.2, 0) is 0 Å². The number of hydrogen-bond acceptors (Lipinski definition) is 4. The van der Waals surface area contributed by atoms with Gasteiger partial charge < -0.3 is 10.6 Å². The number of anilines is 2. The van der Waals surface area contributed by atoms with Gasteiger partial charge in [0, 0.05) is 26.8 Å². The van der Waals surface area contributed by atoms with E-state index in [9.17, 15) is 0 Å². The Bertz CT molecular complexity index is 1620. The van der Waals surface area contributed by atoms with Gasteiger partial charge in [0.1, 0.15) is 10.3 Å². The van der Waals surface area contributed by atoms with E-state index < -0.39 is 0 Å². The molecule has 4 aromatic carbocycles. The van der Waals surface area contributed by atoms with Crippen LogP contribution < -0.4 is 10.6 Å². The highest BCUT2D eigenvalue weighted by molar-refractivity contribution is 7.80. The molecule has 0 bridgehead atoms. The molecule has 4 nitrogen and oxygen atoms in total. The average Bonchev–Trinajstić information content (AvgIpc) is 3.14. The summed E-state index contributed by atoms with van der Waals surface area (Å²) in [4.78, 5) is 10.6. The van der Waals surface area contributed by atoms with Gasteiger partial charge in [0.05, 0.1) is 11.0 Å². The van der Waals surface area contributed by atoms with Crippen molar-refractivity contribution in [1.82, 2.24) is 9.97 Å². The van der Waals surface area contributed by atoms with Crippen LogP contribution in [0, 0.1) is 0 Å². The smallest absolute Gasteiger partial charge is 0.175 e.